The Morgan fingerprint density at radius 2 is 1.65 bits per heavy atom. The summed E-state index contributed by atoms with van der Waals surface area (Å²) < 4.78 is 0. The van der Waals surface area contributed by atoms with E-state index >= 15 is 0 Å². The van der Waals surface area contributed by atoms with Crippen LogP contribution in [0.4, 0.5) is 11.4 Å². The zero-order chi connectivity index (χ0) is 19.0. The second-order valence-electron chi connectivity index (χ2n) is 5.82. The predicted molar refractivity (Wildman–Crippen MR) is 102 cm³/mol. The van der Waals surface area contributed by atoms with E-state index in [2.05, 4.69) is 5.32 Å². The number of hydrogen-bond acceptors (Lipinski definition) is 3. The monoisotopic (exact) mass is 388 g/mol. The summed E-state index contributed by atoms with van der Waals surface area (Å²) in [7, 11) is 0. The first-order valence-corrected chi connectivity index (χ1v) is 8.48. The van der Waals surface area contributed by atoms with Gasteiger partial charge < -0.3 is 5.32 Å². The molecule has 3 amide bonds. The van der Waals surface area contributed by atoms with Crippen LogP contribution in [0.15, 0.2) is 47.5 Å². The summed E-state index contributed by atoms with van der Waals surface area (Å²) >= 11 is 12.1. The minimum absolute atomic E-state index is 0.125. The van der Waals surface area contributed by atoms with Gasteiger partial charge in [-0.15, -0.1) is 0 Å². The molecule has 2 aromatic rings. The molecule has 0 aliphatic carbocycles. The van der Waals surface area contributed by atoms with E-state index in [0.29, 0.717) is 27.5 Å². The Labute approximate surface area is 160 Å². The summed E-state index contributed by atoms with van der Waals surface area (Å²) in [5.74, 6) is -1.28. The van der Waals surface area contributed by atoms with E-state index < -0.39 is 11.8 Å². The second kappa shape index (κ2) is 6.94. The normalized spacial score (nSPS) is 14.2. The number of amides is 3. The first-order valence-electron chi connectivity index (χ1n) is 7.72. The molecule has 0 atom stereocenters. The third kappa shape index (κ3) is 3.23. The molecule has 132 valence electrons. The largest absolute Gasteiger partial charge is 0.326 e. The lowest BCUT2D eigenvalue weighted by Crippen LogP contribution is -2.31. The fourth-order valence-corrected chi connectivity index (χ4v) is 3.27. The number of imide groups is 1. The van der Waals surface area contributed by atoms with Gasteiger partial charge in [-0.05, 0) is 48.4 Å². The molecule has 26 heavy (non-hydrogen) atoms. The van der Waals surface area contributed by atoms with Crippen LogP contribution in [-0.4, -0.2) is 17.7 Å². The quantitative estimate of drug-likeness (QED) is 0.803. The molecule has 1 aliphatic heterocycles. The number of carbonyl (C=O) groups excluding carboxylic acids is 3. The fourth-order valence-electron chi connectivity index (χ4n) is 2.77. The molecule has 0 saturated heterocycles. The van der Waals surface area contributed by atoms with Crippen LogP contribution in [0.3, 0.4) is 0 Å². The number of hydrogen-bond donors (Lipinski definition) is 1. The molecule has 1 heterocycles. The Bertz CT molecular complexity index is 965. The maximum Gasteiger partial charge on any atom is 0.277 e. The maximum atomic E-state index is 12.9. The Hall–Kier alpha value is -2.63. The van der Waals surface area contributed by atoms with Crippen LogP contribution >= 0.6 is 23.2 Å². The van der Waals surface area contributed by atoms with Crippen LogP contribution in [0.2, 0.25) is 5.02 Å². The smallest absolute Gasteiger partial charge is 0.277 e. The van der Waals surface area contributed by atoms with Gasteiger partial charge >= 0.3 is 0 Å². The van der Waals surface area contributed by atoms with Gasteiger partial charge in [-0.1, -0.05) is 35.3 Å². The highest BCUT2D eigenvalue weighted by atomic mass is 35.5. The number of nitrogens with zero attached hydrogens (tertiary/aromatic N) is 1. The van der Waals surface area contributed by atoms with E-state index in [9.17, 15) is 14.4 Å². The van der Waals surface area contributed by atoms with Gasteiger partial charge in [0.2, 0.25) is 5.91 Å². The number of halogens is 2. The maximum absolute atomic E-state index is 12.9. The number of rotatable bonds is 3. The topological polar surface area (TPSA) is 66.5 Å². The zero-order valence-electron chi connectivity index (χ0n) is 14.0. The van der Waals surface area contributed by atoms with Crippen molar-refractivity contribution in [1.29, 1.82) is 0 Å². The molecule has 3 rings (SSSR count). The van der Waals surface area contributed by atoms with Gasteiger partial charge in [-0.25, -0.2) is 4.90 Å². The van der Waals surface area contributed by atoms with Crippen LogP contribution in [0.1, 0.15) is 18.1 Å². The zero-order valence-corrected chi connectivity index (χ0v) is 15.5. The van der Waals surface area contributed by atoms with Crippen molar-refractivity contribution in [1.82, 2.24) is 0 Å². The van der Waals surface area contributed by atoms with Crippen molar-refractivity contribution in [2.24, 2.45) is 0 Å². The molecule has 0 fully saturated rings. The number of anilines is 2. The molecule has 0 bridgehead atoms. The Balaban J connectivity index is 1.97. The van der Waals surface area contributed by atoms with Crippen LogP contribution in [0, 0.1) is 6.92 Å². The van der Waals surface area contributed by atoms with Crippen molar-refractivity contribution in [2.45, 2.75) is 13.8 Å². The Morgan fingerprint density at radius 1 is 1.00 bits per heavy atom. The number of aryl methyl sites for hydroxylation is 1. The second-order valence-corrected chi connectivity index (χ2v) is 6.64. The van der Waals surface area contributed by atoms with Gasteiger partial charge in [0.1, 0.15) is 5.03 Å². The van der Waals surface area contributed by atoms with E-state index in [1.165, 1.54) is 6.92 Å². The molecule has 0 unspecified atom stereocenters. The van der Waals surface area contributed by atoms with Crippen molar-refractivity contribution in [3.8, 4) is 0 Å². The van der Waals surface area contributed by atoms with Crippen molar-refractivity contribution in [3.05, 3.63) is 63.6 Å². The predicted octanol–water partition coefficient (Wildman–Crippen LogP) is 4.13. The highest BCUT2D eigenvalue weighted by Gasteiger charge is 2.39. The summed E-state index contributed by atoms with van der Waals surface area (Å²) in [6.07, 6.45) is 0. The van der Waals surface area contributed by atoms with E-state index in [0.717, 1.165) is 4.90 Å². The molecule has 1 N–H and O–H groups in total. The summed E-state index contributed by atoms with van der Waals surface area (Å²) in [4.78, 5) is 37.6. The van der Waals surface area contributed by atoms with Crippen LogP contribution in [-0.2, 0) is 14.4 Å². The highest BCUT2D eigenvalue weighted by Crippen LogP contribution is 2.36. The molecule has 0 spiro atoms. The Kier molecular flexibility index (Phi) is 4.85. The van der Waals surface area contributed by atoms with Crippen molar-refractivity contribution in [3.63, 3.8) is 0 Å². The third-order valence-electron chi connectivity index (χ3n) is 3.92. The minimum atomic E-state index is -0.581. The summed E-state index contributed by atoms with van der Waals surface area (Å²) in [5.41, 5.74) is 2.33. The third-order valence-corrected chi connectivity index (χ3v) is 4.51. The van der Waals surface area contributed by atoms with Crippen LogP contribution < -0.4 is 10.2 Å². The summed E-state index contributed by atoms with van der Waals surface area (Å²) in [5, 5.41) is 3.01. The average Bonchev–Trinajstić information content (AvgIpc) is 2.78. The molecule has 2 aromatic carbocycles. The van der Waals surface area contributed by atoms with Gasteiger partial charge in [-0.2, -0.15) is 0 Å². The molecular formula is C19H14Cl2N2O3. The first-order chi connectivity index (χ1) is 12.3. The molecule has 7 heteroatoms. The van der Waals surface area contributed by atoms with E-state index in [1.54, 1.807) is 49.4 Å². The lowest BCUT2D eigenvalue weighted by atomic mass is 10.1. The number of benzene rings is 2. The summed E-state index contributed by atoms with van der Waals surface area (Å²) in [6, 6.07) is 11.4. The van der Waals surface area contributed by atoms with E-state index in [-0.39, 0.29) is 16.5 Å². The van der Waals surface area contributed by atoms with E-state index in [1.807, 2.05) is 0 Å². The number of carbonyl (C=O) groups is 3. The molecular weight excluding hydrogens is 375 g/mol. The van der Waals surface area contributed by atoms with Gasteiger partial charge in [0.05, 0.1) is 11.3 Å². The Morgan fingerprint density at radius 3 is 2.23 bits per heavy atom. The number of nitrogens with one attached hydrogen (secondary N) is 1. The molecule has 0 radical (unpaired) electrons. The van der Waals surface area contributed by atoms with Crippen molar-refractivity contribution < 1.29 is 14.4 Å². The lowest BCUT2D eigenvalue weighted by molar-refractivity contribution is -0.120. The molecule has 1 aliphatic rings. The lowest BCUT2D eigenvalue weighted by Gasteiger charge is -2.17. The van der Waals surface area contributed by atoms with Gasteiger partial charge in [0.15, 0.2) is 0 Å². The molecule has 0 aromatic heterocycles. The highest BCUT2D eigenvalue weighted by molar-refractivity contribution is 6.60. The minimum Gasteiger partial charge on any atom is -0.326 e. The first kappa shape index (κ1) is 18.2. The van der Waals surface area contributed by atoms with Crippen LogP contribution in [0.25, 0.3) is 5.57 Å². The average molecular weight is 389 g/mol. The summed E-state index contributed by atoms with van der Waals surface area (Å²) in [6.45, 7) is 3.16. The van der Waals surface area contributed by atoms with E-state index in [4.69, 9.17) is 23.2 Å². The van der Waals surface area contributed by atoms with Crippen LogP contribution in [0.5, 0.6) is 0 Å². The van der Waals surface area contributed by atoms with Crippen molar-refractivity contribution >= 4 is 57.9 Å². The van der Waals surface area contributed by atoms with Gasteiger partial charge in [0.25, 0.3) is 11.8 Å². The standard InChI is InChI=1S/C19H14Cl2N2O3/c1-10-9-13(20)5-8-15(10)23-18(25)16(17(21)19(23)26)12-3-6-14(7-4-12)22-11(2)24/h3-9H,1-2H3,(H,22,24). The molecule has 5 nitrogen and oxygen atoms in total. The molecule has 0 saturated carbocycles. The SMILES string of the molecule is CC(=O)Nc1ccc(C2=C(Cl)C(=O)N(c3ccc(Cl)cc3C)C2=O)cc1. The van der Waals surface area contributed by atoms with Gasteiger partial charge in [-0.3, -0.25) is 14.4 Å². The van der Waals surface area contributed by atoms with Crippen molar-refractivity contribution in [2.75, 3.05) is 10.2 Å². The fraction of sp³-hybridized carbons (Fsp3) is 0.105. The van der Waals surface area contributed by atoms with Gasteiger partial charge in [0, 0.05) is 17.6 Å².